The Bertz CT molecular complexity index is 746. The van der Waals surface area contributed by atoms with Crippen LogP contribution in [0.15, 0.2) is 48.5 Å². The van der Waals surface area contributed by atoms with Crippen molar-refractivity contribution in [3.8, 4) is 0 Å². The Morgan fingerprint density at radius 2 is 1.64 bits per heavy atom. The molecule has 25 heavy (non-hydrogen) atoms. The smallest absolute Gasteiger partial charge is 0.407 e. The van der Waals surface area contributed by atoms with Crippen LogP contribution in [-0.2, 0) is 11.3 Å². The van der Waals surface area contributed by atoms with Gasteiger partial charge in [-0.3, -0.25) is 4.79 Å². The summed E-state index contributed by atoms with van der Waals surface area (Å²) in [4.78, 5) is 23.9. The van der Waals surface area contributed by atoms with Crippen LogP contribution >= 0.6 is 0 Å². The zero-order chi connectivity index (χ0) is 18.4. The van der Waals surface area contributed by atoms with Gasteiger partial charge in [-0.05, 0) is 57.0 Å². The normalized spacial score (nSPS) is 10.9. The Labute approximate surface area is 148 Å². The molecular formula is C20H24N2O3. The third kappa shape index (κ3) is 5.95. The molecule has 0 aliphatic carbocycles. The van der Waals surface area contributed by atoms with Gasteiger partial charge in [-0.25, -0.2) is 4.79 Å². The summed E-state index contributed by atoms with van der Waals surface area (Å²) < 4.78 is 5.18. The maximum Gasteiger partial charge on any atom is 0.407 e. The first-order valence-corrected chi connectivity index (χ1v) is 8.17. The van der Waals surface area contributed by atoms with Crippen LogP contribution in [0.1, 0.15) is 42.3 Å². The maximum absolute atomic E-state index is 12.3. The van der Waals surface area contributed by atoms with E-state index in [1.807, 2.05) is 64.1 Å². The van der Waals surface area contributed by atoms with E-state index < -0.39 is 11.7 Å². The van der Waals surface area contributed by atoms with Gasteiger partial charge >= 0.3 is 6.09 Å². The standard InChI is InChI=1S/C20H24N2O3/c1-14-7-5-6-8-17(14)22-18(23)16-11-9-15(10-12-16)13-21-19(24)25-20(2,3)4/h5-12H,13H2,1-4H3,(H,21,24)(H,22,23). The van der Waals surface area contributed by atoms with E-state index in [9.17, 15) is 9.59 Å². The number of ether oxygens (including phenoxy) is 1. The van der Waals surface area contributed by atoms with Crippen LogP contribution in [0.2, 0.25) is 0 Å². The molecule has 0 radical (unpaired) electrons. The highest BCUT2D eigenvalue weighted by Crippen LogP contribution is 2.15. The van der Waals surface area contributed by atoms with Gasteiger partial charge in [-0.15, -0.1) is 0 Å². The first kappa shape index (κ1) is 18.5. The van der Waals surface area contributed by atoms with Gasteiger partial charge in [0.15, 0.2) is 0 Å². The Kier molecular flexibility index (Phi) is 5.80. The molecule has 2 aromatic carbocycles. The maximum atomic E-state index is 12.3. The second-order valence-electron chi connectivity index (χ2n) is 6.82. The molecule has 132 valence electrons. The minimum Gasteiger partial charge on any atom is -0.444 e. The molecule has 2 amide bonds. The lowest BCUT2D eigenvalue weighted by molar-refractivity contribution is 0.0523. The van der Waals surface area contributed by atoms with E-state index in [1.54, 1.807) is 12.1 Å². The van der Waals surface area contributed by atoms with E-state index >= 15 is 0 Å². The summed E-state index contributed by atoms with van der Waals surface area (Å²) in [5.74, 6) is -0.166. The monoisotopic (exact) mass is 340 g/mol. The van der Waals surface area contributed by atoms with E-state index in [2.05, 4.69) is 10.6 Å². The van der Waals surface area contributed by atoms with Crippen molar-refractivity contribution < 1.29 is 14.3 Å². The van der Waals surface area contributed by atoms with Crippen molar-refractivity contribution in [2.24, 2.45) is 0 Å². The first-order chi connectivity index (χ1) is 11.7. The molecule has 0 saturated heterocycles. The number of nitrogens with one attached hydrogen (secondary N) is 2. The molecule has 0 atom stereocenters. The van der Waals surface area contributed by atoms with Crippen molar-refractivity contribution in [3.05, 3.63) is 65.2 Å². The minimum atomic E-state index is -0.526. The van der Waals surface area contributed by atoms with Gasteiger partial charge in [0.25, 0.3) is 5.91 Å². The van der Waals surface area contributed by atoms with Crippen LogP contribution in [-0.4, -0.2) is 17.6 Å². The van der Waals surface area contributed by atoms with Crippen molar-refractivity contribution in [2.45, 2.75) is 39.8 Å². The molecule has 0 bridgehead atoms. The molecule has 0 fully saturated rings. The molecule has 2 N–H and O–H groups in total. The van der Waals surface area contributed by atoms with Crippen LogP contribution in [0.25, 0.3) is 0 Å². The van der Waals surface area contributed by atoms with E-state index in [0.29, 0.717) is 12.1 Å². The number of rotatable bonds is 4. The largest absolute Gasteiger partial charge is 0.444 e. The summed E-state index contributed by atoms with van der Waals surface area (Å²) in [5.41, 5.74) is 2.72. The predicted octanol–water partition coefficient (Wildman–Crippen LogP) is 4.27. The molecule has 5 heteroatoms. The van der Waals surface area contributed by atoms with Crippen LogP contribution < -0.4 is 10.6 Å². The van der Waals surface area contributed by atoms with Crippen LogP contribution in [0.4, 0.5) is 10.5 Å². The number of alkyl carbamates (subject to hydrolysis) is 1. The van der Waals surface area contributed by atoms with Crippen molar-refractivity contribution >= 4 is 17.7 Å². The van der Waals surface area contributed by atoms with Crippen molar-refractivity contribution in [1.29, 1.82) is 0 Å². The summed E-state index contributed by atoms with van der Waals surface area (Å²) >= 11 is 0. The number of amides is 2. The fraction of sp³-hybridized carbons (Fsp3) is 0.300. The number of para-hydroxylation sites is 1. The number of carbonyl (C=O) groups excluding carboxylic acids is 2. The lowest BCUT2D eigenvalue weighted by Gasteiger charge is -2.19. The first-order valence-electron chi connectivity index (χ1n) is 8.17. The molecule has 0 spiro atoms. The Morgan fingerprint density at radius 1 is 1.00 bits per heavy atom. The molecule has 0 aliphatic rings. The van der Waals surface area contributed by atoms with Crippen LogP contribution in [0.5, 0.6) is 0 Å². The van der Waals surface area contributed by atoms with Crippen LogP contribution in [0.3, 0.4) is 0 Å². The summed E-state index contributed by atoms with van der Waals surface area (Å²) in [6, 6.07) is 14.7. The fourth-order valence-electron chi connectivity index (χ4n) is 2.17. The molecule has 0 aromatic heterocycles. The van der Waals surface area contributed by atoms with E-state index in [0.717, 1.165) is 16.8 Å². The molecule has 0 unspecified atom stereocenters. The molecule has 5 nitrogen and oxygen atoms in total. The molecule has 2 rings (SSSR count). The molecule has 0 aliphatic heterocycles. The second-order valence-corrected chi connectivity index (χ2v) is 6.82. The average Bonchev–Trinajstić information content (AvgIpc) is 2.54. The fourth-order valence-corrected chi connectivity index (χ4v) is 2.17. The van der Waals surface area contributed by atoms with Crippen molar-refractivity contribution in [1.82, 2.24) is 5.32 Å². The number of benzene rings is 2. The van der Waals surface area contributed by atoms with E-state index in [-0.39, 0.29) is 5.91 Å². The topological polar surface area (TPSA) is 67.4 Å². The van der Waals surface area contributed by atoms with Gasteiger partial charge < -0.3 is 15.4 Å². The predicted molar refractivity (Wildman–Crippen MR) is 98.6 cm³/mol. The van der Waals surface area contributed by atoms with Gasteiger partial charge in [0, 0.05) is 17.8 Å². The molecular weight excluding hydrogens is 316 g/mol. The Hall–Kier alpha value is -2.82. The van der Waals surface area contributed by atoms with Crippen molar-refractivity contribution in [3.63, 3.8) is 0 Å². The summed E-state index contributed by atoms with van der Waals surface area (Å²) in [6.45, 7) is 7.73. The number of hydrogen-bond donors (Lipinski definition) is 2. The highest BCUT2D eigenvalue weighted by molar-refractivity contribution is 6.04. The lowest BCUT2D eigenvalue weighted by atomic mass is 10.1. The van der Waals surface area contributed by atoms with Gasteiger partial charge in [0.05, 0.1) is 0 Å². The third-order valence-electron chi connectivity index (χ3n) is 3.45. The quantitative estimate of drug-likeness (QED) is 0.873. The van der Waals surface area contributed by atoms with Gasteiger partial charge in [-0.1, -0.05) is 30.3 Å². The van der Waals surface area contributed by atoms with Gasteiger partial charge in [0.2, 0.25) is 0 Å². The van der Waals surface area contributed by atoms with Crippen LogP contribution in [0, 0.1) is 6.92 Å². The highest BCUT2D eigenvalue weighted by atomic mass is 16.6. The minimum absolute atomic E-state index is 0.166. The van der Waals surface area contributed by atoms with Gasteiger partial charge in [-0.2, -0.15) is 0 Å². The average molecular weight is 340 g/mol. The zero-order valence-corrected chi connectivity index (χ0v) is 15.1. The Balaban J connectivity index is 1.92. The number of aryl methyl sites for hydroxylation is 1. The lowest BCUT2D eigenvalue weighted by Crippen LogP contribution is -2.32. The van der Waals surface area contributed by atoms with E-state index in [1.165, 1.54) is 0 Å². The molecule has 0 heterocycles. The second kappa shape index (κ2) is 7.83. The SMILES string of the molecule is Cc1ccccc1NC(=O)c1ccc(CNC(=O)OC(C)(C)C)cc1. The van der Waals surface area contributed by atoms with Gasteiger partial charge in [0.1, 0.15) is 5.60 Å². The number of anilines is 1. The number of hydrogen-bond acceptors (Lipinski definition) is 3. The Morgan fingerprint density at radius 3 is 2.24 bits per heavy atom. The number of carbonyl (C=O) groups is 2. The summed E-state index contributed by atoms with van der Waals surface area (Å²) in [7, 11) is 0. The highest BCUT2D eigenvalue weighted by Gasteiger charge is 2.15. The molecule has 2 aromatic rings. The van der Waals surface area contributed by atoms with E-state index in [4.69, 9.17) is 4.74 Å². The van der Waals surface area contributed by atoms with Crippen molar-refractivity contribution in [2.75, 3.05) is 5.32 Å². The molecule has 0 saturated carbocycles. The summed E-state index contributed by atoms with van der Waals surface area (Å²) in [6.07, 6.45) is -0.464. The summed E-state index contributed by atoms with van der Waals surface area (Å²) in [5, 5.41) is 5.58. The zero-order valence-electron chi connectivity index (χ0n) is 15.1. The third-order valence-corrected chi connectivity index (χ3v) is 3.45.